The van der Waals surface area contributed by atoms with E-state index in [0.717, 1.165) is 12.8 Å². The molecular formula is C24H26FN3O5S. The van der Waals surface area contributed by atoms with Gasteiger partial charge in [-0.25, -0.2) is 23.0 Å². The van der Waals surface area contributed by atoms with Crippen molar-refractivity contribution in [3.63, 3.8) is 0 Å². The van der Waals surface area contributed by atoms with Crippen molar-refractivity contribution in [3.8, 4) is 11.8 Å². The zero-order valence-electron chi connectivity index (χ0n) is 18.5. The first-order valence-electron chi connectivity index (χ1n) is 11.2. The van der Waals surface area contributed by atoms with Crippen molar-refractivity contribution < 1.29 is 27.2 Å². The van der Waals surface area contributed by atoms with Crippen molar-refractivity contribution in [2.24, 2.45) is 17.0 Å². The molecule has 2 aromatic carbocycles. The van der Waals surface area contributed by atoms with Crippen LogP contribution in [0.3, 0.4) is 0 Å². The smallest absolute Gasteiger partial charge is 0.249 e. The molecule has 0 spiro atoms. The average Bonchev–Trinajstić information content (AvgIpc) is 3.32. The molecule has 2 N–H and O–H groups in total. The summed E-state index contributed by atoms with van der Waals surface area (Å²) in [6.45, 7) is 0.771. The highest BCUT2D eigenvalue weighted by Crippen LogP contribution is 2.37. The van der Waals surface area contributed by atoms with Crippen molar-refractivity contribution in [3.05, 3.63) is 59.4 Å². The number of carbonyl (C=O) groups excluding carboxylic acids is 1. The minimum atomic E-state index is -3.80. The average molecular weight is 488 g/mol. The van der Waals surface area contributed by atoms with Gasteiger partial charge in [-0.15, -0.1) is 0 Å². The fraction of sp³-hybridized carbons (Fsp3) is 0.417. The molecule has 1 saturated carbocycles. The lowest BCUT2D eigenvalue weighted by Gasteiger charge is -2.32. The second kappa shape index (κ2) is 10.1. The van der Waals surface area contributed by atoms with Crippen LogP contribution in [0.5, 0.6) is 5.75 Å². The van der Waals surface area contributed by atoms with Crippen LogP contribution in [0.25, 0.3) is 0 Å². The van der Waals surface area contributed by atoms with Crippen molar-refractivity contribution in [2.45, 2.75) is 43.0 Å². The lowest BCUT2D eigenvalue weighted by Crippen LogP contribution is -2.37. The van der Waals surface area contributed by atoms with Crippen molar-refractivity contribution in [2.75, 3.05) is 13.2 Å². The van der Waals surface area contributed by atoms with Crippen LogP contribution < -0.4 is 9.88 Å². The van der Waals surface area contributed by atoms with Gasteiger partial charge < -0.3 is 4.74 Å². The number of primary sulfonamides is 1. The van der Waals surface area contributed by atoms with E-state index in [-0.39, 0.29) is 28.2 Å². The number of carbonyl (C=O) groups is 1. The van der Waals surface area contributed by atoms with Crippen LogP contribution in [0, 0.1) is 29.0 Å². The number of ether oxygens (including phenoxy) is 1. The summed E-state index contributed by atoms with van der Waals surface area (Å²) in [5.74, 6) is -0.163. The minimum Gasteiger partial charge on any atom is -0.493 e. The molecule has 1 aliphatic heterocycles. The molecule has 1 amide bonds. The van der Waals surface area contributed by atoms with Crippen molar-refractivity contribution in [1.29, 1.82) is 5.26 Å². The summed E-state index contributed by atoms with van der Waals surface area (Å²) in [5.41, 5.74) is 0.774. The maximum Gasteiger partial charge on any atom is 0.249 e. The summed E-state index contributed by atoms with van der Waals surface area (Å²) in [5, 5.41) is 15.7. The molecule has 2 fully saturated rings. The first-order chi connectivity index (χ1) is 16.2. The number of hydrogen-bond acceptors (Lipinski definition) is 6. The maximum atomic E-state index is 13.9. The van der Waals surface area contributed by atoms with E-state index in [2.05, 4.69) is 0 Å². The zero-order chi connectivity index (χ0) is 24.3. The number of nitrogens with two attached hydrogens (primary N) is 1. The van der Waals surface area contributed by atoms with Gasteiger partial charge in [-0.2, -0.15) is 5.26 Å². The number of hydrogen-bond donors (Lipinski definition) is 1. The highest BCUT2D eigenvalue weighted by atomic mass is 32.2. The third kappa shape index (κ3) is 5.55. The van der Waals surface area contributed by atoms with Crippen LogP contribution in [-0.4, -0.2) is 32.6 Å². The predicted molar refractivity (Wildman–Crippen MR) is 120 cm³/mol. The number of halogens is 1. The van der Waals surface area contributed by atoms with Gasteiger partial charge in [0.1, 0.15) is 11.6 Å². The van der Waals surface area contributed by atoms with E-state index < -0.39 is 21.9 Å². The standard InChI is InChI=1S/C24H26FN3O5S/c25-20-11-17(14-26)10-19(12-20)23-8-9-33-28(23)24(29)18-6-4-16(5-7-18)15-32-21-2-1-3-22(13-21)34(27,30)31/h1-3,10-13,16,18,23H,4-9,15H2,(H2,27,30,31)/t16?,18?,23-/m0/s1. The molecule has 1 heterocycles. The number of nitrogens with zero attached hydrogens (tertiary/aromatic N) is 2. The van der Waals surface area contributed by atoms with Gasteiger partial charge in [0.15, 0.2) is 0 Å². The molecular weight excluding hydrogens is 461 g/mol. The molecule has 0 unspecified atom stereocenters. The van der Waals surface area contributed by atoms with Crippen LogP contribution in [0.1, 0.15) is 49.3 Å². The maximum absolute atomic E-state index is 13.9. The Morgan fingerprint density at radius 3 is 2.65 bits per heavy atom. The highest BCUT2D eigenvalue weighted by Gasteiger charge is 2.37. The third-order valence-corrected chi connectivity index (χ3v) is 7.28. The Balaban J connectivity index is 1.33. The minimum absolute atomic E-state index is 0.000315. The second-order valence-corrected chi connectivity index (χ2v) is 10.3. The highest BCUT2D eigenvalue weighted by molar-refractivity contribution is 7.89. The zero-order valence-corrected chi connectivity index (χ0v) is 19.3. The summed E-state index contributed by atoms with van der Waals surface area (Å²) in [6.07, 6.45) is 3.44. The Bertz CT molecular complexity index is 1210. The van der Waals surface area contributed by atoms with Gasteiger partial charge in [0.05, 0.1) is 35.8 Å². The van der Waals surface area contributed by atoms with E-state index in [4.69, 9.17) is 20.0 Å². The van der Waals surface area contributed by atoms with Crippen LogP contribution in [0.2, 0.25) is 0 Å². The Labute approximate surface area is 198 Å². The van der Waals surface area contributed by atoms with Crippen LogP contribution in [-0.2, 0) is 19.7 Å². The lowest BCUT2D eigenvalue weighted by molar-refractivity contribution is -0.183. The first kappa shape index (κ1) is 24.1. The predicted octanol–water partition coefficient (Wildman–Crippen LogP) is 3.44. The van der Waals surface area contributed by atoms with E-state index in [9.17, 15) is 17.6 Å². The van der Waals surface area contributed by atoms with Crippen LogP contribution in [0.15, 0.2) is 47.4 Å². The molecule has 2 aliphatic rings. The third-order valence-electron chi connectivity index (χ3n) is 6.37. The molecule has 1 atom stereocenters. The van der Waals surface area contributed by atoms with Crippen molar-refractivity contribution in [1.82, 2.24) is 5.06 Å². The fourth-order valence-electron chi connectivity index (χ4n) is 4.57. The molecule has 8 nitrogen and oxygen atoms in total. The molecule has 34 heavy (non-hydrogen) atoms. The topological polar surface area (TPSA) is 123 Å². The van der Waals surface area contributed by atoms with E-state index >= 15 is 0 Å². The monoisotopic (exact) mass is 487 g/mol. The summed E-state index contributed by atoms with van der Waals surface area (Å²) >= 11 is 0. The molecule has 0 bridgehead atoms. The van der Waals surface area contributed by atoms with Gasteiger partial charge in [-0.1, -0.05) is 6.07 Å². The molecule has 10 heteroatoms. The summed E-state index contributed by atoms with van der Waals surface area (Å²) in [4.78, 5) is 18.8. The summed E-state index contributed by atoms with van der Waals surface area (Å²) in [7, 11) is -3.80. The van der Waals surface area contributed by atoms with Gasteiger partial charge in [-0.3, -0.25) is 9.63 Å². The summed E-state index contributed by atoms with van der Waals surface area (Å²) in [6, 6.07) is 11.7. The van der Waals surface area contributed by atoms with Gasteiger partial charge in [-0.05, 0) is 67.5 Å². The van der Waals surface area contributed by atoms with E-state index in [1.165, 1.54) is 29.3 Å². The Kier molecular flexibility index (Phi) is 7.16. The Morgan fingerprint density at radius 2 is 1.94 bits per heavy atom. The molecule has 4 rings (SSSR count). The number of rotatable bonds is 6. The molecule has 1 aliphatic carbocycles. The number of nitriles is 1. The number of benzene rings is 2. The molecule has 2 aromatic rings. The van der Waals surface area contributed by atoms with Gasteiger partial charge >= 0.3 is 0 Å². The van der Waals surface area contributed by atoms with Crippen LogP contribution >= 0.6 is 0 Å². The van der Waals surface area contributed by atoms with Gasteiger partial charge in [0.2, 0.25) is 15.9 Å². The fourth-order valence-corrected chi connectivity index (χ4v) is 5.12. The quantitative estimate of drug-likeness (QED) is 0.666. The van der Waals surface area contributed by atoms with E-state index in [0.29, 0.717) is 43.8 Å². The normalized spacial score (nSPS) is 22.9. The molecule has 1 saturated heterocycles. The molecule has 180 valence electrons. The van der Waals surface area contributed by atoms with E-state index in [1.54, 1.807) is 18.2 Å². The SMILES string of the molecule is N#Cc1cc(F)cc([C@@H]2CCON2C(=O)C2CCC(COc3cccc(S(N)(=O)=O)c3)CC2)c1. The lowest BCUT2D eigenvalue weighted by atomic mass is 9.81. The van der Waals surface area contributed by atoms with Gasteiger partial charge in [0.25, 0.3) is 0 Å². The first-order valence-corrected chi connectivity index (χ1v) is 12.7. The van der Waals surface area contributed by atoms with Gasteiger partial charge in [0, 0.05) is 18.4 Å². The largest absolute Gasteiger partial charge is 0.493 e. The van der Waals surface area contributed by atoms with Crippen molar-refractivity contribution >= 4 is 15.9 Å². The van der Waals surface area contributed by atoms with Crippen LogP contribution in [0.4, 0.5) is 4.39 Å². The Hall–Kier alpha value is -3.00. The summed E-state index contributed by atoms with van der Waals surface area (Å²) < 4.78 is 42.7. The second-order valence-electron chi connectivity index (χ2n) is 8.74. The molecule has 0 radical (unpaired) electrons. The number of hydroxylamine groups is 2. The Morgan fingerprint density at radius 1 is 1.18 bits per heavy atom. The number of amides is 1. The number of sulfonamides is 1. The van der Waals surface area contributed by atoms with E-state index in [1.807, 2.05) is 6.07 Å². The molecule has 0 aromatic heterocycles.